The molecule has 0 saturated carbocycles. The number of rotatable bonds is 3. The summed E-state index contributed by atoms with van der Waals surface area (Å²) < 4.78 is 0. The molecule has 1 aromatic carbocycles. The Morgan fingerprint density at radius 1 is 1.12 bits per heavy atom. The van der Waals surface area contributed by atoms with Crippen molar-refractivity contribution in [2.24, 2.45) is 0 Å². The molecule has 0 spiro atoms. The van der Waals surface area contributed by atoms with Crippen LogP contribution in [-0.4, -0.2) is 4.98 Å². The first kappa shape index (κ1) is 11.3. The van der Waals surface area contributed by atoms with Gasteiger partial charge >= 0.3 is 0 Å². The Bertz CT molecular complexity index is 591. The van der Waals surface area contributed by atoms with Gasteiger partial charge in [0.25, 0.3) is 0 Å². The van der Waals surface area contributed by atoms with Crippen LogP contribution in [0.5, 0.6) is 0 Å². The van der Waals surface area contributed by atoms with E-state index in [1.807, 2.05) is 55.5 Å². The van der Waals surface area contributed by atoms with Gasteiger partial charge in [-0.15, -0.1) is 0 Å². The minimum absolute atomic E-state index is 0.921. The Balaban J connectivity index is 2.33. The van der Waals surface area contributed by atoms with Gasteiger partial charge in [-0.3, -0.25) is 0 Å². The molecule has 0 N–H and O–H groups in total. The molecule has 1 nitrogen and oxygen atoms in total. The van der Waals surface area contributed by atoms with Gasteiger partial charge in [0.1, 0.15) is 0 Å². The van der Waals surface area contributed by atoms with E-state index in [-0.39, 0.29) is 0 Å². The SMILES string of the molecule is C=C(/C=C\C=C/C)c1ccc2ccccc2n1. The minimum Gasteiger partial charge on any atom is -0.248 e. The molecule has 1 aromatic heterocycles. The van der Waals surface area contributed by atoms with E-state index >= 15 is 0 Å². The van der Waals surface area contributed by atoms with Crippen LogP contribution in [0, 0.1) is 0 Å². The fourth-order valence-electron chi connectivity index (χ4n) is 1.61. The van der Waals surface area contributed by atoms with Crippen LogP contribution in [-0.2, 0) is 0 Å². The Morgan fingerprint density at radius 3 is 2.76 bits per heavy atom. The first-order valence-electron chi connectivity index (χ1n) is 5.65. The van der Waals surface area contributed by atoms with Crippen molar-refractivity contribution in [2.75, 3.05) is 0 Å². The van der Waals surface area contributed by atoms with Gasteiger partial charge in [-0.25, -0.2) is 4.98 Å². The number of hydrogen-bond acceptors (Lipinski definition) is 1. The summed E-state index contributed by atoms with van der Waals surface area (Å²) in [5.74, 6) is 0. The molecular weight excluding hydrogens is 206 g/mol. The average molecular weight is 221 g/mol. The van der Waals surface area contributed by atoms with E-state index in [4.69, 9.17) is 0 Å². The van der Waals surface area contributed by atoms with Crippen molar-refractivity contribution in [1.82, 2.24) is 4.98 Å². The smallest absolute Gasteiger partial charge is 0.0709 e. The van der Waals surface area contributed by atoms with E-state index in [2.05, 4.69) is 23.7 Å². The van der Waals surface area contributed by atoms with Crippen LogP contribution in [0.25, 0.3) is 16.5 Å². The second-order valence-corrected chi connectivity index (χ2v) is 3.80. The van der Waals surface area contributed by atoms with Crippen molar-refractivity contribution in [3.63, 3.8) is 0 Å². The van der Waals surface area contributed by atoms with Gasteiger partial charge in [0, 0.05) is 5.39 Å². The van der Waals surface area contributed by atoms with Crippen molar-refractivity contribution in [3.05, 3.63) is 73.0 Å². The van der Waals surface area contributed by atoms with Gasteiger partial charge in [0.15, 0.2) is 0 Å². The predicted octanol–water partition coefficient (Wildman–Crippen LogP) is 4.38. The lowest BCUT2D eigenvalue weighted by molar-refractivity contribution is 1.35. The molecule has 0 bridgehead atoms. The number of nitrogens with zero attached hydrogens (tertiary/aromatic N) is 1. The highest BCUT2D eigenvalue weighted by molar-refractivity contribution is 5.82. The van der Waals surface area contributed by atoms with Gasteiger partial charge in [0.05, 0.1) is 11.2 Å². The summed E-state index contributed by atoms with van der Waals surface area (Å²) in [5, 5.41) is 1.15. The van der Waals surface area contributed by atoms with Crippen LogP contribution in [0.3, 0.4) is 0 Å². The molecule has 0 aliphatic carbocycles. The summed E-state index contributed by atoms with van der Waals surface area (Å²) in [6.45, 7) is 6.01. The Kier molecular flexibility index (Phi) is 3.51. The first-order valence-corrected chi connectivity index (χ1v) is 5.65. The van der Waals surface area contributed by atoms with Crippen molar-refractivity contribution in [1.29, 1.82) is 0 Å². The third-order valence-electron chi connectivity index (χ3n) is 2.53. The fourth-order valence-corrected chi connectivity index (χ4v) is 1.61. The molecule has 0 saturated heterocycles. The summed E-state index contributed by atoms with van der Waals surface area (Å²) in [7, 11) is 0. The number of para-hydroxylation sites is 1. The molecule has 0 aliphatic heterocycles. The quantitative estimate of drug-likeness (QED) is 0.701. The third-order valence-corrected chi connectivity index (χ3v) is 2.53. The summed E-state index contributed by atoms with van der Waals surface area (Å²) in [4.78, 5) is 4.58. The molecule has 1 heteroatoms. The lowest BCUT2D eigenvalue weighted by Gasteiger charge is -2.02. The number of benzene rings is 1. The standard InChI is InChI=1S/C16H15N/c1-3-4-5-8-13(2)15-12-11-14-9-6-7-10-16(14)17-15/h3-12H,2H2,1H3/b4-3-,8-5-. The Morgan fingerprint density at radius 2 is 1.94 bits per heavy atom. The summed E-state index contributed by atoms with van der Waals surface area (Å²) in [6.07, 6.45) is 7.90. The molecule has 0 atom stereocenters. The van der Waals surface area contributed by atoms with Gasteiger partial charge < -0.3 is 0 Å². The van der Waals surface area contributed by atoms with Crippen LogP contribution in [0.1, 0.15) is 12.6 Å². The summed E-state index contributed by atoms with van der Waals surface area (Å²) in [6, 6.07) is 12.2. The molecule has 0 fully saturated rings. The molecule has 2 rings (SSSR count). The van der Waals surface area contributed by atoms with Gasteiger partial charge in [-0.05, 0) is 24.6 Å². The molecule has 84 valence electrons. The van der Waals surface area contributed by atoms with Gasteiger partial charge in [-0.2, -0.15) is 0 Å². The topological polar surface area (TPSA) is 12.9 Å². The highest BCUT2D eigenvalue weighted by Gasteiger charge is 1.98. The number of allylic oxidation sites excluding steroid dienone is 5. The monoisotopic (exact) mass is 221 g/mol. The first-order chi connectivity index (χ1) is 8.31. The zero-order valence-corrected chi connectivity index (χ0v) is 9.93. The van der Waals surface area contributed by atoms with E-state index < -0.39 is 0 Å². The highest BCUT2D eigenvalue weighted by Crippen LogP contribution is 2.17. The van der Waals surface area contributed by atoms with Crippen LogP contribution >= 0.6 is 0 Å². The fraction of sp³-hybridized carbons (Fsp3) is 0.0625. The average Bonchev–Trinajstić information content (AvgIpc) is 2.38. The van der Waals surface area contributed by atoms with Crippen molar-refractivity contribution < 1.29 is 0 Å². The molecule has 0 unspecified atom stereocenters. The molecule has 0 radical (unpaired) electrons. The third kappa shape index (κ3) is 2.70. The largest absolute Gasteiger partial charge is 0.248 e. The Labute approximate surface area is 102 Å². The maximum atomic E-state index is 4.58. The molecule has 0 aliphatic rings. The van der Waals surface area contributed by atoms with E-state index in [1.54, 1.807) is 0 Å². The molecule has 2 aromatic rings. The lowest BCUT2D eigenvalue weighted by atomic mass is 10.1. The predicted molar refractivity (Wildman–Crippen MR) is 74.7 cm³/mol. The summed E-state index contributed by atoms with van der Waals surface area (Å²) >= 11 is 0. The number of hydrogen-bond donors (Lipinski definition) is 0. The summed E-state index contributed by atoms with van der Waals surface area (Å²) in [5.41, 5.74) is 2.85. The van der Waals surface area contributed by atoms with Crippen molar-refractivity contribution >= 4 is 16.5 Å². The number of pyridine rings is 1. The maximum absolute atomic E-state index is 4.58. The van der Waals surface area contributed by atoms with Crippen LogP contribution in [0.4, 0.5) is 0 Å². The number of fused-ring (bicyclic) bond motifs is 1. The zero-order valence-electron chi connectivity index (χ0n) is 9.93. The van der Waals surface area contributed by atoms with E-state index in [0.717, 1.165) is 22.2 Å². The second kappa shape index (κ2) is 5.26. The van der Waals surface area contributed by atoms with Gasteiger partial charge in [0.2, 0.25) is 0 Å². The van der Waals surface area contributed by atoms with Crippen molar-refractivity contribution in [3.8, 4) is 0 Å². The molecule has 1 heterocycles. The van der Waals surface area contributed by atoms with Crippen LogP contribution in [0.15, 0.2) is 67.3 Å². The van der Waals surface area contributed by atoms with Crippen LogP contribution in [0.2, 0.25) is 0 Å². The lowest BCUT2D eigenvalue weighted by Crippen LogP contribution is -1.86. The Hall–Kier alpha value is -2.15. The minimum atomic E-state index is 0.921. The van der Waals surface area contributed by atoms with E-state index in [9.17, 15) is 0 Å². The zero-order chi connectivity index (χ0) is 12.1. The molecule has 17 heavy (non-hydrogen) atoms. The van der Waals surface area contributed by atoms with Crippen molar-refractivity contribution in [2.45, 2.75) is 6.92 Å². The second-order valence-electron chi connectivity index (χ2n) is 3.80. The molecule has 0 amide bonds. The van der Waals surface area contributed by atoms with E-state index in [0.29, 0.717) is 0 Å². The molecular formula is C16H15N. The van der Waals surface area contributed by atoms with Crippen LogP contribution < -0.4 is 0 Å². The van der Waals surface area contributed by atoms with Gasteiger partial charge in [-0.1, -0.05) is 55.1 Å². The maximum Gasteiger partial charge on any atom is 0.0709 e. The number of aromatic nitrogens is 1. The highest BCUT2D eigenvalue weighted by atomic mass is 14.7. The normalized spacial score (nSPS) is 11.6. The van der Waals surface area contributed by atoms with E-state index in [1.165, 1.54) is 0 Å².